The standard InChI is InChI=1S/C18H23NO2/c1-3-12-20-17-8-10-18(11-9-17)21-14-16-6-4-15(5-7-16)13-19-2/h4-11,19H,3,12-14H2,1-2H3. The van der Waals surface area contributed by atoms with Crippen molar-refractivity contribution in [2.24, 2.45) is 0 Å². The first-order chi connectivity index (χ1) is 10.3. The second kappa shape index (κ2) is 8.32. The van der Waals surface area contributed by atoms with Crippen LogP contribution >= 0.6 is 0 Å². The molecule has 0 saturated heterocycles. The minimum atomic E-state index is 0.578. The summed E-state index contributed by atoms with van der Waals surface area (Å²) < 4.78 is 11.3. The first kappa shape index (κ1) is 15.4. The van der Waals surface area contributed by atoms with E-state index < -0.39 is 0 Å². The first-order valence-corrected chi connectivity index (χ1v) is 7.40. The molecule has 1 N–H and O–H groups in total. The topological polar surface area (TPSA) is 30.5 Å². The maximum Gasteiger partial charge on any atom is 0.120 e. The fourth-order valence-electron chi connectivity index (χ4n) is 1.98. The third kappa shape index (κ3) is 5.12. The molecule has 2 aromatic rings. The Morgan fingerprint density at radius 3 is 1.95 bits per heavy atom. The monoisotopic (exact) mass is 285 g/mol. The molecule has 0 heterocycles. The largest absolute Gasteiger partial charge is 0.494 e. The molecule has 2 rings (SSSR count). The summed E-state index contributed by atoms with van der Waals surface area (Å²) in [5, 5.41) is 3.14. The van der Waals surface area contributed by atoms with E-state index in [1.807, 2.05) is 31.3 Å². The number of nitrogens with one attached hydrogen (secondary N) is 1. The molecule has 2 aromatic carbocycles. The third-order valence-electron chi connectivity index (χ3n) is 3.11. The van der Waals surface area contributed by atoms with Crippen LogP contribution in [0.15, 0.2) is 48.5 Å². The Morgan fingerprint density at radius 1 is 0.810 bits per heavy atom. The molecule has 3 heteroatoms. The molecule has 0 saturated carbocycles. The van der Waals surface area contributed by atoms with Gasteiger partial charge in [-0.15, -0.1) is 0 Å². The molecule has 0 amide bonds. The van der Waals surface area contributed by atoms with Crippen LogP contribution in [0.1, 0.15) is 24.5 Å². The zero-order valence-corrected chi connectivity index (χ0v) is 12.8. The summed E-state index contributed by atoms with van der Waals surface area (Å²) in [5.74, 6) is 1.75. The molecule has 0 unspecified atom stereocenters. The SMILES string of the molecule is CCCOc1ccc(OCc2ccc(CNC)cc2)cc1. The highest BCUT2D eigenvalue weighted by Crippen LogP contribution is 2.19. The van der Waals surface area contributed by atoms with Crippen LogP contribution in [-0.2, 0) is 13.2 Å². The van der Waals surface area contributed by atoms with E-state index in [1.165, 1.54) is 11.1 Å². The average molecular weight is 285 g/mol. The van der Waals surface area contributed by atoms with Crippen LogP contribution in [0, 0.1) is 0 Å². The van der Waals surface area contributed by atoms with E-state index in [9.17, 15) is 0 Å². The van der Waals surface area contributed by atoms with Gasteiger partial charge in [0.25, 0.3) is 0 Å². The van der Waals surface area contributed by atoms with Gasteiger partial charge >= 0.3 is 0 Å². The Hall–Kier alpha value is -2.00. The van der Waals surface area contributed by atoms with Gasteiger partial charge < -0.3 is 14.8 Å². The van der Waals surface area contributed by atoms with Crippen LogP contribution in [0.3, 0.4) is 0 Å². The number of hydrogen-bond acceptors (Lipinski definition) is 3. The van der Waals surface area contributed by atoms with E-state index in [2.05, 4.69) is 36.5 Å². The van der Waals surface area contributed by atoms with Crippen molar-refractivity contribution in [1.82, 2.24) is 5.32 Å². The average Bonchev–Trinajstić information content (AvgIpc) is 2.53. The van der Waals surface area contributed by atoms with E-state index in [4.69, 9.17) is 9.47 Å². The van der Waals surface area contributed by atoms with Crippen LogP contribution in [-0.4, -0.2) is 13.7 Å². The highest BCUT2D eigenvalue weighted by atomic mass is 16.5. The third-order valence-corrected chi connectivity index (χ3v) is 3.11. The van der Waals surface area contributed by atoms with E-state index in [0.29, 0.717) is 6.61 Å². The molecule has 0 radical (unpaired) electrons. The van der Waals surface area contributed by atoms with Crippen molar-refractivity contribution in [2.75, 3.05) is 13.7 Å². The lowest BCUT2D eigenvalue weighted by Crippen LogP contribution is -2.05. The summed E-state index contributed by atoms with van der Waals surface area (Å²) in [7, 11) is 1.95. The zero-order valence-electron chi connectivity index (χ0n) is 12.8. The second-order valence-electron chi connectivity index (χ2n) is 4.96. The molecular weight excluding hydrogens is 262 g/mol. The van der Waals surface area contributed by atoms with Crippen LogP contribution in [0.5, 0.6) is 11.5 Å². The molecule has 0 aromatic heterocycles. The van der Waals surface area contributed by atoms with Gasteiger partial charge in [-0.05, 0) is 48.9 Å². The van der Waals surface area contributed by atoms with Crippen molar-refractivity contribution in [3.05, 3.63) is 59.7 Å². The van der Waals surface area contributed by atoms with Crippen molar-refractivity contribution in [3.8, 4) is 11.5 Å². The molecule has 0 bridgehead atoms. The van der Waals surface area contributed by atoms with Crippen molar-refractivity contribution >= 4 is 0 Å². The van der Waals surface area contributed by atoms with Crippen molar-refractivity contribution in [3.63, 3.8) is 0 Å². The predicted molar refractivity (Wildman–Crippen MR) is 85.8 cm³/mol. The second-order valence-corrected chi connectivity index (χ2v) is 4.96. The lowest BCUT2D eigenvalue weighted by molar-refractivity contribution is 0.301. The Balaban J connectivity index is 1.84. The molecular formula is C18H23NO2. The Labute approximate surface area is 126 Å². The molecule has 0 aliphatic heterocycles. The molecule has 3 nitrogen and oxygen atoms in total. The van der Waals surface area contributed by atoms with Gasteiger partial charge in [0.1, 0.15) is 18.1 Å². The number of benzene rings is 2. The molecule has 0 aliphatic carbocycles. The van der Waals surface area contributed by atoms with Gasteiger partial charge in [-0.1, -0.05) is 31.2 Å². The van der Waals surface area contributed by atoms with Crippen LogP contribution in [0.4, 0.5) is 0 Å². The van der Waals surface area contributed by atoms with Crippen LogP contribution in [0.25, 0.3) is 0 Å². The normalized spacial score (nSPS) is 10.4. The van der Waals surface area contributed by atoms with Gasteiger partial charge in [-0.3, -0.25) is 0 Å². The van der Waals surface area contributed by atoms with E-state index in [0.717, 1.165) is 31.1 Å². The molecule has 112 valence electrons. The lowest BCUT2D eigenvalue weighted by atomic mass is 10.1. The van der Waals surface area contributed by atoms with E-state index in [1.54, 1.807) is 0 Å². The van der Waals surface area contributed by atoms with E-state index >= 15 is 0 Å². The van der Waals surface area contributed by atoms with Crippen LogP contribution in [0.2, 0.25) is 0 Å². The van der Waals surface area contributed by atoms with Gasteiger partial charge in [-0.2, -0.15) is 0 Å². The van der Waals surface area contributed by atoms with Crippen molar-refractivity contribution in [2.45, 2.75) is 26.5 Å². The highest BCUT2D eigenvalue weighted by Gasteiger charge is 1.98. The van der Waals surface area contributed by atoms with Gasteiger partial charge in [0.15, 0.2) is 0 Å². The van der Waals surface area contributed by atoms with Gasteiger partial charge in [0.05, 0.1) is 6.61 Å². The lowest BCUT2D eigenvalue weighted by Gasteiger charge is -2.09. The summed E-state index contributed by atoms with van der Waals surface area (Å²) >= 11 is 0. The summed E-state index contributed by atoms with van der Waals surface area (Å²) in [4.78, 5) is 0. The number of rotatable bonds is 8. The molecule has 0 aliphatic rings. The Morgan fingerprint density at radius 2 is 1.38 bits per heavy atom. The quantitative estimate of drug-likeness (QED) is 0.801. The summed E-state index contributed by atoms with van der Waals surface area (Å²) in [6.07, 6.45) is 1.02. The number of ether oxygens (including phenoxy) is 2. The Kier molecular flexibility index (Phi) is 6.10. The smallest absolute Gasteiger partial charge is 0.120 e. The molecule has 21 heavy (non-hydrogen) atoms. The molecule has 0 atom stereocenters. The summed E-state index contributed by atoms with van der Waals surface area (Å²) in [6, 6.07) is 16.2. The molecule has 0 spiro atoms. The summed E-state index contributed by atoms with van der Waals surface area (Å²) in [6.45, 7) is 4.31. The fourth-order valence-corrected chi connectivity index (χ4v) is 1.98. The number of hydrogen-bond donors (Lipinski definition) is 1. The summed E-state index contributed by atoms with van der Waals surface area (Å²) in [5.41, 5.74) is 2.44. The zero-order chi connectivity index (χ0) is 14.9. The van der Waals surface area contributed by atoms with E-state index in [-0.39, 0.29) is 0 Å². The van der Waals surface area contributed by atoms with Crippen molar-refractivity contribution < 1.29 is 9.47 Å². The van der Waals surface area contributed by atoms with Gasteiger partial charge in [0.2, 0.25) is 0 Å². The van der Waals surface area contributed by atoms with Gasteiger partial charge in [0, 0.05) is 6.54 Å². The van der Waals surface area contributed by atoms with Crippen LogP contribution < -0.4 is 14.8 Å². The fraction of sp³-hybridized carbons (Fsp3) is 0.333. The highest BCUT2D eigenvalue weighted by molar-refractivity contribution is 5.31. The Bertz CT molecular complexity index is 520. The van der Waals surface area contributed by atoms with Gasteiger partial charge in [-0.25, -0.2) is 0 Å². The maximum atomic E-state index is 5.78. The maximum absolute atomic E-state index is 5.78. The predicted octanol–water partition coefficient (Wildman–Crippen LogP) is 3.77. The van der Waals surface area contributed by atoms with Crippen molar-refractivity contribution in [1.29, 1.82) is 0 Å². The first-order valence-electron chi connectivity index (χ1n) is 7.40. The minimum absolute atomic E-state index is 0.578. The molecule has 0 fully saturated rings. The minimum Gasteiger partial charge on any atom is -0.494 e.